The molecule has 0 spiro atoms. The maximum Gasteiger partial charge on any atom is 0.255 e. The Morgan fingerprint density at radius 2 is 1.74 bits per heavy atom. The van der Waals surface area contributed by atoms with Gasteiger partial charge >= 0.3 is 0 Å². The van der Waals surface area contributed by atoms with E-state index in [1.165, 1.54) is 42.0 Å². The zero-order valence-electron chi connectivity index (χ0n) is 25.9. The summed E-state index contributed by atoms with van der Waals surface area (Å²) >= 11 is 6.78. The van der Waals surface area contributed by atoms with Crippen LogP contribution in [0.5, 0.6) is 11.5 Å². The fourth-order valence-electron chi connectivity index (χ4n) is 7.62. The van der Waals surface area contributed by atoms with Crippen LogP contribution in [0.2, 0.25) is 5.02 Å². The molecule has 1 amide bonds. The number of ether oxygens (including phenoxy) is 3. The number of primary amides is 1. The molecule has 5 rings (SSSR count). The Labute approximate surface area is 268 Å². The number of aromatic hydroxyl groups is 1. The summed E-state index contributed by atoms with van der Waals surface area (Å²) in [4.78, 5) is 41.5. The summed E-state index contributed by atoms with van der Waals surface area (Å²) in [5, 5.41) is 79.5. The number of aliphatic hydroxyl groups excluding tert-OH is 3. The van der Waals surface area contributed by atoms with E-state index in [0.717, 1.165) is 11.0 Å². The minimum Gasteiger partial charge on any atom is -0.508 e. The molecule has 46 heavy (non-hydrogen) atoms. The standard InChI is InChI=1S/C30H37ClN2O13/c1-10-23(37)27(2,41)9-14(45-10)46-28(3)11-8-29(42)22(33(4)5)21(36)17(26(32)40)25(39)30(29,43)24(38)15(11)20(35)16-12(34)7-13(44-6)19(31)18(16)28/h7,10-11,14,22-23,34-35,37,39,41-43H,8-9H2,1-6H3,(H2,32,40)/t10-,11-,14-,22+,23-,27-,28+,29+,30-/m0/s1. The smallest absolute Gasteiger partial charge is 0.255 e. The van der Waals surface area contributed by atoms with Crippen LogP contribution < -0.4 is 10.5 Å². The van der Waals surface area contributed by atoms with Crippen LogP contribution >= 0.6 is 11.6 Å². The zero-order valence-corrected chi connectivity index (χ0v) is 26.6. The molecule has 0 aromatic heterocycles. The first kappa shape index (κ1) is 34.1. The van der Waals surface area contributed by atoms with E-state index >= 15 is 0 Å². The lowest BCUT2D eigenvalue weighted by molar-refractivity contribution is -0.310. The number of methoxy groups -OCH3 is 1. The van der Waals surface area contributed by atoms with Gasteiger partial charge in [-0.2, -0.15) is 0 Å². The van der Waals surface area contributed by atoms with Gasteiger partial charge in [-0.1, -0.05) is 11.6 Å². The predicted octanol–water partition coefficient (Wildman–Crippen LogP) is -0.323. The molecule has 0 radical (unpaired) electrons. The van der Waals surface area contributed by atoms with Crippen molar-refractivity contribution < 1.29 is 64.3 Å². The molecule has 252 valence electrons. The highest BCUT2D eigenvalue weighted by Gasteiger charge is 2.74. The number of phenolic OH excluding ortho intramolecular Hbond substituents is 1. The van der Waals surface area contributed by atoms with E-state index in [1.807, 2.05) is 0 Å². The minimum absolute atomic E-state index is 0.0765. The Morgan fingerprint density at radius 3 is 2.26 bits per heavy atom. The maximum atomic E-state index is 14.5. The number of likely N-dealkylation sites (N-methyl/N-ethyl adjacent to an activating group) is 1. The number of fused-ring (bicyclic) bond motifs is 3. The fraction of sp³-hybridized carbons (Fsp3) is 0.567. The second-order valence-electron chi connectivity index (χ2n) is 13.0. The van der Waals surface area contributed by atoms with Crippen molar-refractivity contribution >= 4 is 34.8 Å². The number of ketones is 2. The first-order valence-electron chi connectivity index (χ1n) is 14.3. The number of rotatable bonds is 5. The highest BCUT2D eigenvalue weighted by atomic mass is 35.5. The molecule has 1 aromatic rings. The molecule has 1 saturated heterocycles. The van der Waals surface area contributed by atoms with Gasteiger partial charge in [-0.15, -0.1) is 0 Å². The number of halogens is 1. The van der Waals surface area contributed by atoms with E-state index < -0.39 is 111 Å². The van der Waals surface area contributed by atoms with Gasteiger partial charge in [-0.3, -0.25) is 19.3 Å². The molecular weight excluding hydrogens is 632 g/mol. The third-order valence-electron chi connectivity index (χ3n) is 9.84. The number of carbonyl (C=O) groups is 3. The van der Waals surface area contributed by atoms with Gasteiger partial charge in [0.1, 0.15) is 46.2 Å². The highest BCUT2D eigenvalue weighted by molar-refractivity contribution is 6.33. The number of hydrogen-bond donors (Lipinski definition) is 8. The Hall–Kier alpha value is -3.28. The van der Waals surface area contributed by atoms with Gasteiger partial charge in [-0.25, -0.2) is 0 Å². The second kappa shape index (κ2) is 10.6. The molecule has 1 aliphatic heterocycles. The topological polar surface area (TPSA) is 250 Å². The minimum atomic E-state index is -3.39. The van der Waals surface area contributed by atoms with Crippen LogP contribution in [0.1, 0.15) is 44.7 Å². The van der Waals surface area contributed by atoms with Crippen molar-refractivity contribution in [2.75, 3.05) is 21.2 Å². The summed E-state index contributed by atoms with van der Waals surface area (Å²) in [6, 6.07) is -0.786. The van der Waals surface area contributed by atoms with E-state index in [-0.39, 0.29) is 22.8 Å². The Balaban J connectivity index is 1.84. The van der Waals surface area contributed by atoms with Gasteiger partial charge in [0, 0.05) is 29.5 Å². The summed E-state index contributed by atoms with van der Waals surface area (Å²) in [5.41, 5.74) is -6.99. The number of amides is 1. The Morgan fingerprint density at radius 1 is 1.13 bits per heavy atom. The lowest BCUT2D eigenvalue weighted by Crippen LogP contribution is -2.77. The molecule has 1 saturated carbocycles. The van der Waals surface area contributed by atoms with E-state index in [9.17, 15) is 50.1 Å². The van der Waals surface area contributed by atoms with Crippen molar-refractivity contribution in [3.63, 3.8) is 0 Å². The second-order valence-corrected chi connectivity index (χ2v) is 13.3. The summed E-state index contributed by atoms with van der Waals surface area (Å²) in [5.74, 6) is -8.83. The van der Waals surface area contributed by atoms with Crippen LogP contribution in [0.4, 0.5) is 0 Å². The Kier molecular flexibility index (Phi) is 7.86. The predicted molar refractivity (Wildman–Crippen MR) is 158 cm³/mol. The van der Waals surface area contributed by atoms with Crippen LogP contribution in [0.3, 0.4) is 0 Å². The van der Waals surface area contributed by atoms with E-state index in [4.69, 9.17) is 31.5 Å². The first-order chi connectivity index (χ1) is 21.1. The Bertz CT molecular complexity index is 1620. The normalized spacial score (nSPS) is 39.3. The zero-order chi connectivity index (χ0) is 34.6. The molecule has 15 nitrogen and oxygen atoms in total. The molecular formula is C30H37ClN2O13. The van der Waals surface area contributed by atoms with Gasteiger partial charge in [-0.05, 0) is 41.3 Å². The SMILES string of the molecule is COc1cc(O)c2c(c1Cl)[C@](C)(O[C@H]1C[C@](C)(O)[C@@H](O)[C@H](C)O1)[C@H]1C[C@@]3(O)[C@H](N(C)C)C(=O)C(C(N)=O)=C(O)[C@@]3(O)C(=O)C1=C2O. The number of benzene rings is 1. The van der Waals surface area contributed by atoms with E-state index in [1.54, 1.807) is 0 Å². The number of phenols is 1. The van der Waals surface area contributed by atoms with Crippen molar-refractivity contribution in [3.05, 3.63) is 39.1 Å². The fourth-order valence-corrected chi connectivity index (χ4v) is 8.03. The third kappa shape index (κ3) is 4.27. The third-order valence-corrected chi connectivity index (χ3v) is 10.2. The maximum absolute atomic E-state index is 14.5. The van der Waals surface area contributed by atoms with Gasteiger partial charge in [0.25, 0.3) is 5.91 Å². The number of carbonyl (C=O) groups excluding carboxylic acids is 3. The van der Waals surface area contributed by atoms with Crippen molar-refractivity contribution in [3.8, 4) is 11.5 Å². The van der Waals surface area contributed by atoms with E-state index in [2.05, 4.69) is 0 Å². The van der Waals surface area contributed by atoms with Crippen LogP contribution in [0, 0.1) is 5.92 Å². The largest absolute Gasteiger partial charge is 0.508 e. The molecule has 16 heteroatoms. The number of Topliss-reactive ketones (excluding diaryl/α,β-unsaturated/α-hetero) is 2. The summed E-state index contributed by atoms with van der Waals surface area (Å²) < 4.78 is 17.7. The first-order valence-corrected chi connectivity index (χ1v) is 14.7. The molecule has 3 aliphatic carbocycles. The number of aliphatic hydroxyl groups is 6. The summed E-state index contributed by atoms with van der Waals surface area (Å²) in [6.07, 6.45) is -4.74. The average molecular weight is 669 g/mol. The lowest BCUT2D eigenvalue weighted by Gasteiger charge is -2.58. The summed E-state index contributed by atoms with van der Waals surface area (Å²) in [7, 11) is 3.91. The monoisotopic (exact) mass is 668 g/mol. The van der Waals surface area contributed by atoms with Crippen molar-refractivity contribution in [1.29, 1.82) is 0 Å². The molecule has 4 aliphatic rings. The average Bonchev–Trinajstić information content (AvgIpc) is 2.93. The molecule has 0 bridgehead atoms. The molecule has 2 fully saturated rings. The van der Waals surface area contributed by atoms with Crippen LogP contribution in [-0.2, 0) is 29.5 Å². The van der Waals surface area contributed by atoms with Crippen LogP contribution in [0.25, 0.3) is 5.76 Å². The lowest BCUT2D eigenvalue weighted by atomic mass is 9.52. The number of nitrogens with zero attached hydrogens (tertiary/aromatic N) is 1. The van der Waals surface area contributed by atoms with Crippen LogP contribution in [0.15, 0.2) is 23.0 Å². The van der Waals surface area contributed by atoms with Gasteiger partial charge in [0.05, 0.1) is 29.4 Å². The molecule has 9 N–H and O–H groups in total. The number of nitrogens with two attached hydrogens (primary N) is 1. The summed E-state index contributed by atoms with van der Waals surface area (Å²) in [6.45, 7) is 4.23. The molecule has 0 unspecified atom stereocenters. The van der Waals surface area contributed by atoms with Crippen LogP contribution in [-0.4, -0.2) is 121 Å². The van der Waals surface area contributed by atoms with E-state index in [0.29, 0.717) is 0 Å². The van der Waals surface area contributed by atoms with Gasteiger partial charge in [0.15, 0.2) is 17.8 Å². The van der Waals surface area contributed by atoms with Crippen molar-refractivity contribution in [1.82, 2.24) is 4.90 Å². The highest BCUT2D eigenvalue weighted by Crippen LogP contribution is 2.62. The number of hydrogen-bond acceptors (Lipinski definition) is 14. The quantitative estimate of drug-likeness (QED) is 0.187. The molecule has 1 aromatic carbocycles. The van der Waals surface area contributed by atoms with Gasteiger partial charge in [0.2, 0.25) is 11.4 Å². The van der Waals surface area contributed by atoms with Crippen molar-refractivity contribution in [2.45, 2.75) is 80.6 Å². The van der Waals surface area contributed by atoms with Gasteiger partial charge < -0.3 is 55.7 Å². The molecule has 9 atom stereocenters. The van der Waals surface area contributed by atoms with Crippen molar-refractivity contribution in [2.24, 2.45) is 11.7 Å². The molecule has 1 heterocycles.